The molecule has 0 fully saturated rings. The maximum atomic E-state index is 4.19. The monoisotopic (exact) mass is 253 g/mol. The molecule has 0 atom stereocenters. The summed E-state index contributed by atoms with van der Waals surface area (Å²) in [5.41, 5.74) is 0. The van der Waals surface area contributed by atoms with Crippen LogP contribution in [0.25, 0.3) is 0 Å². The van der Waals surface area contributed by atoms with Crippen molar-refractivity contribution >= 4 is 22.7 Å². The average Bonchev–Trinajstić information content (AvgIpc) is 2.90. The maximum Gasteiger partial charge on any atom is 0.131 e. The van der Waals surface area contributed by atoms with Crippen LogP contribution in [0.5, 0.6) is 0 Å². The Balaban J connectivity index is 1.76. The molecule has 5 heteroatoms. The van der Waals surface area contributed by atoms with Gasteiger partial charge in [0, 0.05) is 17.8 Å². The summed E-state index contributed by atoms with van der Waals surface area (Å²) in [6, 6.07) is 4.30. The molecule has 86 valence electrons. The Bertz CT molecular complexity index is 409. The number of thiophene rings is 1. The standard InChI is InChI=1S/C11H15N3S2/c1-12-8-11-14-13-10(16-11)6-2-4-9-5-3-7-15-9/h3,5,7,12H,2,4,6,8H2,1H3. The average molecular weight is 253 g/mol. The van der Waals surface area contributed by atoms with Crippen molar-refractivity contribution in [2.45, 2.75) is 25.8 Å². The van der Waals surface area contributed by atoms with Crippen molar-refractivity contribution in [2.75, 3.05) is 7.05 Å². The summed E-state index contributed by atoms with van der Waals surface area (Å²) in [6.07, 6.45) is 3.35. The Morgan fingerprint density at radius 1 is 1.25 bits per heavy atom. The first-order valence-electron chi connectivity index (χ1n) is 5.36. The molecular weight excluding hydrogens is 238 g/mol. The normalized spacial score (nSPS) is 10.8. The minimum atomic E-state index is 0.822. The molecule has 16 heavy (non-hydrogen) atoms. The van der Waals surface area contributed by atoms with Gasteiger partial charge >= 0.3 is 0 Å². The first-order valence-corrected chi connectivity index (χ1v) is 7.06. The van der Waals surface area contributed by atoms with Crippen LogP contribution in [0.3, 0.4) is 0 Å². The Hall–Kier alpha value is -0.780. The van der Waals surface area contributed by atoms with Crippen LogP contribution in [0.15, 0.2) is 17.5 Å². The number of nitrogens with zero attached hydrogens (tertiary/aromatic N) is 2. The Morgan fingerprint density at radius 2 is 2.12 bits per heavy atom. The van der Waals surface area contributed by atoms with Gasteiger partial charge < -0.3 is 5.32 Å². The van der Waals surface area contributed by atoms with Gasteiger partial charge in [-0.15, -0.1) is 32.9 Å². The quantitative estimate of drug-likeness (QED) is 0.859. The van der Waals surface area contributed by atoms with Crippen LogP contribution < -0.4 is 5.32 Å². The summed E-state index contributed by atoms with van der Waals surface area (Å²) in [4.78, 5) is 1.46. The van der Waals surface area contributed by atoms with Gasteiger partial charge in [-0.2, -0.15) is 0 Å². The Kier molecular flexibility index (Phi) is 4.44. The second-order valence-corrected chi connectivity index (χ2v) is 5.73. The molecule has 0 aliphatic carbocycles. The molecule has 0 bridgehead atoms. The SMILES string of the molecule is CNCc1nnc(CCCc2cccs2)s1. The van der Waals surface area contributed by atoms with Crippen LogP contribution in [0.2, 0.25) is 0 Å². The number of aromatic nitrogens is 2. The van der Waals surface area contributed by atoms with Gasteiger partial charge in [-0.3, -0.25) is 0 Å². The van der Waals surface area contributed by atoms with Crippen molar-refractivity contribution in [1.82, 2.24) is 15.5 Å². The third-order valence-corrected chi connectivity index (χ3v) is 4.15. The predicted octanol–water partition coefficient (Wildman–Crippen LogP) is 2.49. The lowest BCUT2D eigenvalue weighted by atomic mass is 10.2. The summed E-state index contributed by atoms with van der Waals surface area (Å²) in [6.45, 7) is 0.822. The number of aryl methyl sites for hydroxylation is 2. The molecule has 0 aliphatic heterocycles. The van der Waals surface area contributed by atoms with E-state index in [2.05, 4.69) is 33.0 Å². The third-order valence-electron chi connectivity index (χ3n) is 2.23. The van der Waals surface area contributed by atoms with E-state index < -0.39 is 0 Å². The first-order chi connectivity index (χ1) is 7.88. The molecule has 0 radical (unpaired) electrons. The number of rotatable bonds is 6. The molecule has 3 nitrogen and oxygen atoms in total. The lowest BCUT2D eigenvalue weighted by molar-refractivity contribution is 0.779. The van der Waals surface area contributed by atoms with E-state index in [-0.39, 0.29) is 0 Å². The molecule has 0 aliphatic rings. The first kappa shape index (κ1) is 11.7. The summed E-state index contributed by atoms with van der Waals surface area (Å²) < 4.78 is 0. The van der Waals surface area contributed by atoms with Gasteiger partial charge in [-0.05, 0) is 31.3 Å². The molecule has 0 unspecified atom stereocenters. The molecule has 2 heterocycles. The smallest absolute Gasteiger partial charge is 0.131 e. The molecule has 0 saturated carbocycles. The van der Waals surface area contributed by atoms with Crippen molar-refractivity contribution in [3.05, 3.63) is 32.4 Å². The lowest BCUT2D eigenvalue weighted by Gasteiger charge is -1.94. The molecular formula is C11H15N3S2. The Morgan fingerprint density at radius 3 is 2.88 bits per heavy atom. The topological polar surface area (TPSA) is 37.8 Å². The minimum absolute atomic E-state index is 0.822. The Labute approximate surface area is 104 Å². The highest BCUT2D eigenvalue weighted by Gasteiger charge is 2.03. The highest BCUT2D eigenvalue weighted by molar-refractivity contribution is 7.11. The van der Waals surface area contributed by atoms with E-state index in [1.54, 1.807) is 11.3 Å². The van der Waals surface area contributed by atoms with E-state index in [9.17, 15) is 0 Å². The van der Waals surface area contributed by atoms with Crippen molar-refractivity contribution in [1.29, 1.82) is 0 Å². The van der Waals surface area contributed by atoms with E-state index in [1.807, 2.05) is 18.4 Å². The van der Waals surface area contributed by atoms with Crippen molar-refractivity contribution in [3.63, 3.8) is 0 Å². The predicted molar refractivity (Wildman–Crippen MR) is 69.0 cm³/mol. The zero-order chi connectivity index (χ0) is 11.2. The fourth-order valence-corrected chi connectivity index (χ4v) is 3.13. The highest BCUT2D eigenvalue weighted by Crippen LogP contribution is 2.15. The molecule has 0 amide bonds. The number of hydrogen-bond acceptors (Lipinski definition) is 5. The summed E-state index contributed by atoms with van der Waals surface area (Å²) >= 11 is 3.54. The van der Waals surface area contributed by atoms with Crippen molar-refractivity contribution in [3.8, 4) is 0 Å². The summed E-state index contributed by atoms with van der Waals surface area (Å²) in [7, 11) is 1.93. The molecule has 2 aromatic heterocycles. The largest absolute Gasteiger partial charge is 0.313 e. The van der Waals surface area contributed by atoms with Crippen LogP contribution >= 0.6 is 22.7 Å². The fourth-order valence-electron chi connectivity index (χ4n) is 1.48. The summed E-state index contributed by atoms with van der Waals surface area (Å²) in [5.74, 6) is 0. The maximum absolute atomic E-state index is 4.19. The van der Waals surface area contributed by atoms with Crippen molar-refractivity contribution < 1.29 is 0 Å². The van der Waals surface area contributed by atoms with Gasteiger partial charge in [0.1, 0.15) is 10.0 Å². The van der Waals surface area contributed by atoms with Crippen LogP contribution in [0.1, 0.15) is 21.3 Å². The molecule has 0 saturated heterocycles. The minimum Gasteiger partial charge on any atom is -0.313 e. The summed E-state index contributed by atoms with van der Waals surface area (Å²) in [5, 5.41) is 15.8. The molecule has 0 aromatic carbocycles. The number of nitrogens with one attached hydrogen (secondary N) is 1. The van der Waals surface area contributed by atoms with Gasteiger partial charge in [-0.1, -0.05) is 6.07 Å². The van der Waals surface area contributed by atoms with Gasteiger partial charge in [0.15, 0.2) is 0 Å². The fraction of sp³-hybridized carbons (Fsp3) is 0.455. The van der Waals surface area contributed by atoms with Gasteiger partial charge in [-0.25, -0.2) is 0 Å². The third kappa shape index (κ3) is 3.37. The molecule has 2 rings (SSSR count). The van der Waals surface area contributed by atoms with E-state index in [4.69, 9.17) is 0 Å². The van der Waals surface area contributed by atoms with Gasteiger partial charge in [0.25, 0.3) is 0 Å². The van der Waals surface area contributed by atoms with Gasteiger partial charge in [0.05, 0.1) is 0 Å². The van der Waals surface area contributed by atoms with E-state index >= 15 is 0 Å². The zero-order valence-corrected chi connectivity index (χ0v) is 10.9. The van der Waals surface area contributed by atoms with Gasteiger partial charge in [0.2, 0.25) is 0 Å². The van der Waals surface area contributed by atoms with Crippen LogP contribution in [-0.2, 0) is 19.4 Å². The van der Waals surface area contributed by atoms with E-state index in [0.29, 0.717) is 0 Å². The van der Waals surface area contributed by atoms with Crippen LogP contribution in [0, 0.1) is 0 Å². The second kappa shape index (κ2) is 6.08. The highest BCUT2D eigenvalue weighted by atomic mass is 32.1. The second-order valence-electron chi connectivity index (χ2n) is 3.55. The number of hydrogen-bond donors (Lipinski definition) is 1. The van der Waals surface area contributed by atoms with Crippen LogP contribution in [-0.4, -0.2) is 17.2 Å². The van der Waals surface area contributed by atoms with Crippen LogP contribution in [0.4, 0.5) is 0 Å². The van der Waals surface area contributed by atoms with Crippen molar-refractivity contribution in [2.24, 2.45) is 0 Å². The van der Waals surface area contributed by atoms with E-state index in [1.165, 1.54) is 4.88 Å². The molecule has 0 spiro atoms. The molecule has 2 aromatic rings. The lowest BCUT2D eigenvalue weighted by Crippen LogP contribution is -2.04. The molecule has 1 N–H and O–H groups in total. The zero-order valence-electron chi connectivity index (χ0n) is 9.27. The van der Waals surface area contributed by atoms with E-state index in [0.717, 1.165) is 35.8 Å².